The fourth-order valence-corrected chi connectivity index (χ4v) is 3.31. The molecular weight excluding hydrogens is 314 g/mol. The van der Waals surface area contributed by atoms with Crippen LogP contribution in [-0.2, 0) is 0 Å². The minimum atomic E-state index is 0. The highest BCUT2D eigenvalue weighted by Crippen LogP contribution is 2.15. The van der Waals surface area contributed by atoms with Crippen LogP contribution in [0.2, 0.25) is 0 Å². The molecule has 0 unspecified atom stereocenters. The lowest BCUT2D eigenvalue weighted by atomic mass is 9.97. The molecule has 0 aliphatic carbocycles. The Morgan fingerprint density at radius 1 is 0.500 bits per heavy atom. The number of nitrogens with two attached hydrogens (primary N) is 1. The van der Waals surface area contributed by atoms with Crippen molar-refractivity contribution in [3.63, 3.8) is 0 Å². The molecule has 0 aromatic carbocycles. The molecule has 1 nitrogen and oxygen atoms in total. The molecule has 0 aromatic heterocycles. The van der Waals surface area contributed by atoms with Crippen LogP contribution in [0.15, 0.2) is 0 Å². The Labute approximate surface area is 160 Å². The van der Waals surface area contributed by atoms with Gasteiger partial charge in [0.2, 0.25) is 0 Å². The van der Waals surface area contributed by atoms with Crippen LogP contribution in [-0.4, -0.2) is 5.54 Å². The molecule has 0 atom stereocenters. The summed E-state index contributed by atoms with van der Waals surface area (Å²) in [7, 11) is 0. The predicted octanol–water partition coefficient (Wildman–Crippen LogP) is 8.19. The topological polar surface area (TPSA) is 26.0 Å². The molecule has 0 aliphatic rings. The van der Waals surface area contributed by atoms with E-state index in [1.54, 1.807) is 0 Å². The smallest absolute Gasteiger partial charge is 0.00970 e. The van der Waals surface area contributed by atoms with Crippen LogP contribution in [0.4, 0.5) is 0 Å². The quantitative estimate of drug-likeness (QED) is 0.244. The van der Waals surface area contributed by atoms with Gasteiger partial charge in [0.05, 0.1) is 0 Å². The zero-order chi connectivity index (χ0) is 17.2. The Balaban J connectivity index is 0. The third-order valence-electron chi connectivity index (χ3n) is 4.92. The van der Waals surface area contributed by atoms with Crippen molar-refractivity contribution in [1.82, 2.24) is 0 Å². The van der Waals surface area contributed by atoms with Crippen molar-refractivity contribution in [2.75, 3.05) is 0 Å². The molecular formula is C22H48ClN. The predicted molar refractivity (Wildman–Crippen MR) is 114 cm³/mol. The molecule has 0 bridgehead atoms. The SMILES string of the molecule is CCCCCCCCCCCCCCCCCCCC(C)(C)N.Cl. The van der Waals surface area contributed by atoms with Gasteiger partial charge < -0.3 is 5.73 Å². The van der Waals surface area contributed by atoms with Crippen molar-refractivity contribution >= 4 is 12.4 Å². The summed E-state index contributed by atoms with van der Waals surface area (Å²) in [6, 6.07) is 0. The first-order valence-electron chi connectivity index (χ1n) is 10.8. The van der Waals surface area contributed by atoms with Gasteiger partial charge in [-0.2, -0.15) is 0 Å². The Hall–Kier alpha value is 0.250. The van der Waals surface area contributed by atoms with Gasteiger partial charge in [-0.25, -0.2) is 0 Å². The molecule has 0 saturated carbocycles. The molecule has 0 amide bonds. The van der Waals surface area contributed by atoms with Crippen molar-refractivity contribution in [2.24, 2.45) is 5.73 Å². The van der Waals surface area contributed by atoms with E-state index in [1.807, 2.05) is 0 Å². The number of hydrogen-bond acceptors (Lipinski definition) is 1. The van der Waals surface area contributed by atoms with Crippen LogP contribution in [0.5, 0.6) is 0 Å². The zero-order valence-electron chi connectivity index (χ0n) is 17.2. The van der Waals surface area contributed by atoms with E-state index in [1.165, 1.54) is 116 Å². The summed E-state index contributed by atoms with van der Waals surface area (Å²) in [5, 5.41) is 0. The average Bonchev–Trinajstić information content (AvgIpc) is 2.49. The maximum atomic E-state index is 6.00. The fourth-order valence-electron chi connectivity index (χ4n) is 3.31. The maximum Gasteiger partial charge on any atom is 0.00970 e. The van der Waals surface area contributed by atoms with Crippen LogP contribution in [0.1, 0.15) is 136 Å². The third kappa shape index (κ3) is 24.5. The lowest BCUT2D eigenvalue weighted by Crippen LogP contribution is -2.31. The molecule has 0 rings (SSSR count). The second-order valence-corrected chi connectivity index (χ2v) is 8.40. The normalized spacial score (nSPS) is 11.5. The van der Waals surface area contributed by atoms with Crippen molar-refractivity contribution in [2.45, 2.75) is 142 Å². The Kier molecular flexibility index (Phi) is 21.6. The minimum Gasteiger partial charge on any atom is -0.326 e. The van der Waals surface area contributed by atoms with E-state index < -0.39 is 0 Å². The number of unbranched alkanes of at least 4 members (excludes halogenated alkanes) is 16. The third-order valence-corrected chi connectivity index (χ3v) is 4.92. The molecule has 0 saturated heterocycles. The molecule has 2 heteroatoms. The molecule has 0 heterocycles. The molecule has 0 aromatic rings. The van der Waals surface area contributed by atoms with Crippen molar-refractivity contribution in [3.05, 3.63) is 0 Å². The van der Waals surface area contributed by atoms with Crippen molar-refractivity contribution < 1.29 is 0 Å². The fraction of sp³-hybridized carbons (Fsp3) is 1.00. The van der Waals surface area contributed by atoms with E-state index in [0.29, 0.717) is 0 Å². The van der Waals surface area contributed by atoms with E-state index in [9.17, 15) is 0 Å². The van der Waals surface area contributed by atoms with Crippen LogP contribution < -0.4 is 5.73 Å². The minimum absolute atomic E-state index is 0. The van der Waals surface area contributed by atoms with Gasteiger partial charge in [-0.05, 0) is 20.3 Å². The lowest BCUT2D eigenvalue weighted by molar-refractivity contribution is 0.440. The summed E-state index contributed by atoms with van der Waals surface area (Å²) >= 11 is 0. The van der Waals surface area contributed by atoms with Gasteiger partial charge in [-0.1, -0.05) is 116 Å². The maximum absolute atomic E-state index is 6.00. The summed E-state index contributed by atoms with van der Waals surface area (Å²) in [6.45, 7) is 6.57. The number of rotatable bonds is 18. The highest BCUT2D eigenvalue weighted by atomic mass is 35.5. The molecule has 0 radical (unpaired) electrons. The van der Waals surface area contributed by atoms with Crippen molar-refractivity contribution in [1.29, 1.82) is 0 Å². The summed E-state index contributed by atoms with van der Waals surface area (Å²) in [5.41, 5.74) is 6.04. The van der Waals surface area contributed by atoms with Crippen LogP contribution in [0, 0.1) is 0 Å². The molecule has 24 heavy (non-hydrogen) atoms. The van der Waals surface area contributed by atoms with Gasteiger partial charge in [0.15, 0.2) is 0 Å². The van der Waals surface area contributed by atoms with Gasteiger partial charge in [-0.3, -0.25) is 0 Å². The highest BCUT2D eigenvalue weighted by Gasteiger charge is 2.08. The van der Waals surface area contributed by atoms with E-state index in [-0.39, 0.29) is 17.9 Å². The second kappa shape index (κ2) is 19.6. The molecule has 0 spiro atoms. The van der Waals surface area contributed by atoms with Gasteiger partial charge in [0.25, 0.3) is 0 Å². The van der Waals surface area contributed by atoms with Crippen LogP contribution >= 0.6 is 12.4 Å². The largest absolute Gasteiger partial charge is 0.326 e. The highest BCUT2D eigenvalue weighted by molar-refractivity contribution is 5.85. The molecule has 0 aliphatic heterocycles. The molecule has 148 valence electrons. The first kappa shape index (κ1) is 26.5. The lowest BCUT2D eigenvalue weighted by Gasteiger charge is -2.17. The average molecular weight is 362 g/mol. The molecule has 2 N–H and O–H groups in total. The van der Waals surface area contributed by atoms with Gasteiger partial charge in [0.1, 0.15) is 0 Å². The Morgan fingerprint density at radius 3 is 1.00 bits per heavy atom. The van der Waals surface area contributed by atoms with Crippen LogP contribution in [0.3, 0.4) is 0 Å². The van der Waals surface area contributed by atoms with E-state index in [4.69, 9.17) is 5.73 Å². The zero-order valence-corrected chi connectivity index (χ0v) is 18.0. The van der Waals surface area contributed by atoms with Gasteiger partial charge in [-0.15, -0.1) is 12.4 Å². The number of hydrogen-bond donors (Lipinski definition) is 1. The van der Waals surface area contributed by atoms with E-state index in [2.05, 4.69) is 20.8 Å². The van der Waals surface area contributed by atoms with Crippen molar-refractivity contribution in [3.8, 4) is 0 Å². The summed E-state index contributed by atoms with van der Waals surface area (Å²) in [4.78, 5) is 0. The standard InChI is InChI=1S/C22H47N.ClH/c1-4-5-6-7-8-9-10-11-12-13-14-15-16-17-18-19-20-21-22(2,3)23;/h4-21,23H2,1-3H3;1H. The summed E-state index contributed by atoms with van der Waals surface area (Å²) < 4.78 is 0. The Morgan fingerprint density at radius 2 is 0.750 bits per heavy atom. The van der Waals surface area contributed by atoms with Crippen LogP contribution in [0.25, 0.3) is 0 Å². The van der Waals surface area contributed by atoms with Gasteiger partial charge >= 0.3 is 0 Å². The Bertz CT molecular complexity index is 223. The van der Waals surface area contributed by atoms with E-state index in [0.717, 1.165) is 0 Å². The summed E-state index contributed by atoms with van der Waals surface area (Å²) in [6.07, 6.45) is 25.6. The molecule has 0 fully saturated rings. The first-order valence-corrected chi connectivity index (χ1v) is 10.8. The summed E-state index contributed by atoms with van der Waals surface area (Å²) in [5.74, 6) is 0. The number of halogens is 1. The first-order chi connectivity index (χ1) is 11.1. The van der Waals surface area contributed by atoms with E-state index >= 15 is 0 Å². The second-order valence-electron chi connectivity index (χ2n) is 8.40. The monoisotopic (exact) mass is 361 g/mol. The van der Waals surface area contributed by atoms with Gasteiger partial charge in [0, 0.05) is 5.54 Å².